The van der Waals surface area contributed by atoms with Crippen molar-refractivity contribution in [1.29, 1.82) is 0 Å². The molecule has 1 aromatic heterocycles. The summed E-state index contributed by atoms with van der Waals surface area (Å²) in [7, 11) is 0. The van der Waals surface area contributed by atoms with E-state index in [1.54, 1.807) is 36.5 Å². The highest BCUT2D eigenvalue weighted by Gasteiger charge is 2.02. The van der Waals surface area contributed by atoms with Crippen LogP contribution in [0.4, 0.5) is 27.5 Å². The third-order valence-electron chi connectivity index (χ3n) is 3.50. The molecule has 1 amide bonds. The van der Waals surface area contributed by atoms with Gasteiger partial charge in [0.25, 0.3) is 0 Å². The van der Waals surface area contributed by atoms with Crippen molar-refractivity contribution in [3.05, 3.63) is 72.2 Å². The Morgan fingerprint density at radius 3 is 2.38 bits per heavy atom. The molecule has 0 aliphatic heterocycles. The van der Waals surface area contributed by atoms with Crippen LogP contribution in [0.3, 0.4) is 0 Å². The Balaban J connectivity index is 1.61. The number of hydrogen-bond acceptors (Lipinski definition) is 5. The van der Waals surface area contributed by atoms with E-state index in [1.807, 2.05) is 12.1 Å². The molecule has 26 heavy (non-hydrogen) atoms. The summed E-state index contributed by atoms with van der Waals surface area (Å²) < 4.78 is 12.9. The van der Waals surface area contributed by atoms with Crippen LogP contribution in [-0.2, 0) is 11.3 Å². The predicted molar refractivity (Wildman–Crippen MR) is 99.8 cm³/mol. The summed E-state index contributed by atoms with van der Waals surface area (Å²) in [5.74, 6) is 0.726. The van der Waals surface area contributed by atoms with Crippen molar-refractivity contribution in [3.8, 4) is 0 Å². The van der Waals surface area contributed by atoms with Gasteiger partial charge < -0.3 is 16.0 Å². The van der Waals surface area contributed by atoms with Crippen LogP contribution in [0.15, 0.2) is 60.8 Å². The van der Waals surface area contributed by atoms with Crippen LogP contribution in [0.1, 0.15) is 12.5 Å². The second-order valence-electron chi connectivity index (χ2n) is 5.63. The lowest BCUT2D eigenvalue weighted by atomic mass is 10.2. The molecule has 0 atom stereocenters. The highest BCUT2D eigenvalue weighted by atomic mass is 19.1. The summed E-state index contributed by atoms with van der Waals surface area (Å²) in [6.45, 7) is 1.99. The summed E-state index contributed by atoms with van der Waals surface area (Å²) in [4.78, 5) is 19.6. The van der Waals surface area contributed by atoms with E-state index in [2.05, 4.69) is 25.9 Å². The maximum atomic E-state index is 12.9. The monoisotopic (exact) mass is 351 g/mol. The Hall–Kier alpha value is -3.48. The van der Waals surface area contributed by atoms with Crippen molar-refractivity contribution < 1.29 is 9.18 Å². The van der Waals surface area contributed by atoms with E-state index < -0.39 is 0 Å². The molecule has 0 radical (unpaired) electrons. The zero-order valence-corrected chi connectivity index (χ0v) is 14.2. The van der Waals surface area contributed by atoms with Gasteiger partial charge in [-0.25, -0.2) is 9.37 Å². The maximum Gasteiger partial charge on any atom is 0.229 e. The zero-order valence-electron chi connectivity index (χ0n) is 14.2. The van der Waals surface area contributed by atoms with E-state index in [-0.39, 0.29) is 11.7 Å². The maximum absolute atomic E-state index is 12.9. The molecule has 0 aliphatic rings. The van der Waals surface area contributed by atoms with Crippen molar-refractivity contribution in [2.75, 3.05) is 16.0 Å². The van der Waals surface area contributed by atoms with Crippen LogP contribution < -0.4 is 16.0 Å². The van der Waals surface area contributed by atoms with Gasteiger partial charge in [0.2, 0.25) is 11.9 Å². The van der Waals surface area contributed by atoms with Crippen molar-refractivity contribution in [1.82, 2.24) is 9.97 Å². The standard InChI is InChI=1S/C19H18FN5O/c1-13(26)23-16-6-8-17(9-7-16)24-19-21-11-10-18(25-19)22-12-14-2-4-15(20)5-3-14/h2-11H,12H2,1H3,(H,23,26)(H2,21,22,24,25). The summed E-state index contributed by atoms with van der Waals surface area (Å²) >= 11 is 0. The number of hydrogen-bond donors (Lipinski definition) is 3. The first-order valence-corrected chi connectivity index (χ1v) is 8.04. The quantitative estimate of drug-likeness (QED) is 0.627. The molecule has 0 saturated carbocycles. The van der Waals surface area contributed by atoms with Crippen LogP contribution in [0.25, 0.3) is 0 Å². The number of aromatic nitrogens is 2. The van der Waals surface area contributed by atoms with Gasteiger partial charge >= 0.3 is 0 Å². The van der Waals surface area contributed by atoms with Gasteiger partial charge in [-0.2, -0.15) is 4.98 Å². The number of nitrogens with one attached hydrogen (secondary N) is 3. The second-order valence-corrected chi connectivity index (χ2v) is 5.63. The number of amides is 1. The average Bonchev–Trinajstić information content (AvgIpc) is 2.63. The topological polar surface area (TPSA) is 78.9 Å². The number of carbonyl (C=O) groups is 1. The molecule has 6 nitrogen and oxygen atoms in total. The molecule has 2 aromatic carbocycles. The van der Waals surface area contributed by atoms with Crippen LogP contribution in [0.5, 0.6) is 0 Å². The van der Waals surface area contributed by atoms with Crippen LogP contribution >= 0.6 is 0 Å². The molecule has 0 bridgehead atoms. The molecule has 3 aromatic rings. The molecule has 0 saturated heterocycles. The molecule has 0 aliphatic carbocycles. The summed E-state index contributed by atoms with van der Waals surface area (Å²) in [6.07, 6.45) is 1.65. The van der Waals surface area contributed by atoms with Gasteiger partial charge in [0.05, 0.1) is 0 Å². The largest absolute Gasteiger partial charge is 0.366 e. The van der Waals surface area contributed by atoms with E-state index in [1.165, 1.54) is 19.1 Å². The molecular formula is C19H18FN5O. The van der Waals surface area contributed by atoms with E-state index in [0.29, 0.717) is 18.3 Å². The Morgan fingerprint density at radius 2 is 1.69 bits per heavy atom. The molecular weight excluding hydrogens is 333 g/mol. The first kappa shape index (κ1) is 17.3. The fourth-order valence-corrected chi connectivity index (χ4v) is 2.28. The van der Waals surface area contributed by atoms with E-state index in [0.717, 1.165) is 16.9 Å². The van der Waals surface area contributed by atoms with Crippen LogP contribution in [-0.4, -0.2) is 15.9 Å². The minimum Gasteiger partial charge on any atom is -0.366 e. The van der Waals surface area contributed by atoms with Crippen molar-refractivity contribution >= 4 is 29.0 Å². The number of carbonyl (C=O) groups excluding carboxylic acids is 1. The van der Waals surface area contributed by atoms with Gasteiger partial charge in [-0.05, 0) is 48.0 Å². The van der Waals surface area contributed by atoms with Crippen molar-refractivity contribution in [2.24, 2.45) is 0 Å². The van der Waals surface area contributed by atoms with E-state index in [9.17, 15) is 9.18 Å². The Kier molecular flexibility index (Phi) is 5.38. The van der Waals surface area contributed by atoms with Gasteiger partial charge in [0.1, 0.15) is 11.6 Å². The van der Waals surface area contributed by atoms with E-state index >= 15 is 0 Å². The van der Waals surface area contributed by atoms with Gasteiger partial charge in [0.15, 0.2) is 0 Å². The molecule has 1 heterocycles. The number of nitrogens with zero attached hydrogens (tertiary/aromatic N) is 2. The zero-order chi connectivity index (χ0) is 18.4. The lowest BCUT2D eigenvalue weighted by Gasteiger charge is -2.09. The molecule has 3 N–H and O–H groups in total. The lowest BCUT2D eigenvalue weighted by Crippen LogP contribution is -2.06. The summed E-state index contributed by atoms with van der Waals surface area (Å²) in [5, 5.41) is 8.99. The van der Waals surface area contributed by atoms with Crippen LogP contribution in [0, 0.1) is 5.82 Å². The smallest absolute Gasteiger partial charge is 0.229 e. The summed E-state index contributed by atoms with van der Waals surface area (Å²) in [5.41, 5.74) is 2.47. The number of halogens is 1. The number of anilines is 4. The summed E-state index contributed by atoms with van der Waals surface area (Å²) in [6, 6.07) is 15.3. The third-order valence-corrected chi connectivity index (χ3v) is 3.50. The highest BCUT2D eigenvalue weighted by Crippen LogP contribution is 2.17. The molecule has 7 heteroatoms. The first-order chi connectivity index (χ1) is 12.6. The second kappa shape index (κ2) is 8.06. The normalized spacial score (nSPS) is 10.2. The third kappa shape index (κ3) is 5.01. The average molecular weight is 351 g/mol. The van der Waals surface area contributed by atoms with Gasteiger partial charge in [-0.3, -0.25) is 4.79 Å². The van der Waals surface area contributed by atoms with Gasteiger partial charge in [0, 0.05) is 31.0 Å². The minimum atomic E-state index is -0.258. The highest BCUT2D eigenvalue weighted by molar-refractivity contribution is 5.88. The fraction of sp³-hybridized carbons (Fsp3) is 0.105. The molecule has 3 rings (SSSR count). The van der Waals surface area contributed by atoms with E-state index in [4.69, 9.17) is 0 Å². The minimum absolute atomic E-state index is 0.117. The van der Waals surface area contributed by atoms with Crippen LogP contribution in [0.2, 0.25) is 0 Å². The van der Waals surface area contributed by atoms with Crippen molar-refractivity contribution in [3.63, 3.8) is 0 Å². The first-order valence-electron chi connectivity index (χ1n) is 8.04. The van der Waals surface area contributed by atoms with Crippen molar-refractivity contribution in [2.45, 2.75) is 13.5 Å². The van der Waals surface area contributed by atoms with Gasteiger partial charge in [-0.1, -0.05) is 12.1 Å². The predicted octanol–water partition coefficient (Wildman–Crippen LogP) is 3.93. The number of rotatable bonds is 6. The lowest BCUT2D eigenvalue weighted by molar-refractivity contribution is -0.114. The Morgan fingerprint density at radius 1 is 1.00 bits per heavy atom. The SMILES string of the molecule is CC(=O)Nc1ccc(Nc2nccc(NCc3ccc(F)cc3)n2)cc1. The molecule has 0 fully saturated rings. The molecule has 132 valence electrons. The Bertz CT molecular complexity index is 881. The molecule has 0 spiro atoms. The Labute approximate surface area is 150 Å². The fourth-order valence-electron chi connectivity index (χ4n) is 2.28. The molecule has 0 unspecified atom stereocenters. The number of benzene rings is 2. The van der Waals surface area contributed by atoms with Gasteiger partial charge in [-0.15, -0.1) is 0 Å².